The van der Waals surface area contributed by atoms with Gasteiger partial charge in [-0.2, -0.15) is 0 Å². The third-order valence-corrected chi connectivity index (χ3v) is 3.50. The van der Waals surface area contributed by atoms with Crippen LogP contribution in [0.3, 0.4) is 0 Å². The van der Waals surface area contributed by atoms with Crippen molar-refractivity contribution in [2.75, 3.05) is 13.7 Å². The maximum atomic E-state index is 11.5. The first-order valence-electron chi connectivity index (χ1n) is 5.81. The summed E-state index contributed by atoms with van der Waals surface area (Å²) in [7, 11) is 1.29. The SMILES string of the molecule is CCCCOC(=O)/C=C/c1cc(Cl)sc1C(=O)OC. The molecule has 1 heterocycles. The highest BCUT2D eigenvalue weighted by Crippen LogP contribution is 2.28. The number of carbonyl (C=O) groups excluding carboxylic acids is 2. The molecule has 4 nitrogen and oxygen atoms in total. The van der Waals surface area contributed by atoms with Crippen molar-refractivity contribution in [1.29, 1.82) is 0 Å². The Morgan fingerprint density at radius 1 is 1.47 bits per heavy atom. The number of hydrogen-bond acceptors (Lipinski definition) is 5. The number of carbonyl (C=O) groups is 2. The summed E-state index contributed by atoms with van der Waals surface area (Å²) in [6, 6.07) is 1.61. The van der Waals surface area contributed by atoms with Crippen molar-refractivity contribution in [2.24, 2.45) is 0 Å². The van der Waals surface area contributed by atoms with E-state index in [-0.39, 0.29) is 0 Å². The summed E-state index contributed by atoms with van der Waals surface area (Å²) in [5, 5.41) is 0. The predicted molar refractivity (Wildman–Crippen MR) is 75.6 cm³/mol. The molecule has 0 unspecified atom stereocenters. The maximum Gasteiger partial charge on any atom is 0.348 e. The van der Waals surface area contributed by atoms with Crippen LogP contribution in [-0.2, 0) is 14.3 Å². The van der Waals surface area contributed by atoms with Crippen LogP contribution in [-0.4, -0.2) is 25.7 Å². The number of esters is 2. The average molecular weight is 303 g/mol. The van der Waals surface area contributed by atoms with Gasteiger partial charge in [0.05, 0.1) is 18.1 Å². The molecule has 1 aromatic heterocycles. The summed E-state index contributed by atoms with van der Waals surface area (Å²) < 4.78 is 10.1. The zero-order chi connectivity index (χ0) is 14.3. The Bertz CT molecular complexity index is 479. The van der Waals surface area contributed by atoms with Crippen molar-refractivity contribution < 1.29 is 19.1 Å². The second kappa shape index (κ2) is 7.96. The van der Waals surface area contributed by atoms with Crippen LogP contribution in [0.15, 0.2) is 12.1 Å². The molecule has 1 aromatic rings. The summed E-state index contributed by atoms with van der Waals surface area (Å²) in [5.41, 5.74) is 0.550. The van der Waals surface area contributed by atoms with Gasteiger partial charge in [-0.1, -0.05) is 24.9 Å². The third kappa shape index (κ3) is 5.04. The molecule has 0 N–H and O–H groups in total. The van der Waals surface area contributed by atoms with Gasteiger partial charge in [0.2, 0.25) is 0 Å². The molecule has 0 aliphatic heterocycles. The Hall–Kier alpha value is -1.33. The van der Waals surface area contributed by atoms with Crippen LogP contribution in [0.2, 0.25) is 4.34 Å². The molecule has 0 bridgehead atoms. The van der Waals surface area contributed by atoms with Crippen molar-refractivity contribution in [3.8, 4) is 0 Å². The summed E-state index contributed by atoms with van der Waals surface area (Å²) in [6.07, 6.45) is 4.57. The smallest absolute Gasteiger partial charge is 0.348 e. The zero-order valence-corrected chi connectivity index (χ0v) is 12.3. The van der Waals surface area contributed by atoms with Gasteiger partial charge < -0.3 is 9.47 Å². The normalized spacial score (nSPS) is 10.7. The van der Waals surface area contributed by atoms with Crippen molar-refractivity contribution in [3.63, 3.8) is 0 Å². The predicted octanol–water partition coefficient (Wildman–Crippen LogP) is 3.54. The topological polar surface area (TPSA) is 52.6 Å². The molecule has 0 aromatic carbocycles. The van der Waals surface area contributed by atoms with Crippen molar-refractivity contribution in [1.82, 2.24) is 0 Å². The molecule has 0 saturated carbocycles. The molecule has 0 saturated heterocycles. The molecule has 0 radical (unpaired) electrons. The molecule has 0 atom stereocenters. The third-order valence-electron chi connectivity index (χ3n) is 2.24. The highest BCUT2D eigenvalue weighted by Gasteiger charge is 2.14. The van der Waals surface area contributed by atoms with Crippen LogP contribution in [0.5, 0.6) is 0 Å². The highest BCUT2D eigenvalue weighted by atomic mass is 35.5. The molecule has 104 valence electrons. The standard InChI is InChI=1S/C13H15ClO4S/c1-3-4-7-18-11(15)6-5-9-8-10(14)19-12(9)13(16)17-2/h5-6,8H,3-4,7H2,1-2H3/b6-5+. The largest absolute Gasteiger partial charge is 0.465 e. The van der Waals surface area contributed by atoms with Crippen LogP contribution >= 0.6 is 22.9 Å². The molecule has 19 heavy (non-hydrogen) atoms. The lowest BCUT2D eigenvalue weighted by Crippen LogP contribution is -2.02. The number of halogens is 1. The van der Waals surface area contributed by atoms with Crippen LogP contribution < -0.4 is 0 Å². The van der Waals surface area contributed by atoms with Gasteiger partial charge in [0.1, 0.15) is 4.88 Å². The van der Waals surface area contributed by atoms with Crippen LogP contribution in [0.25, 0.3) is 6.08 Å². The minimum absolute atomic E-state index is 0.366. The second-order valence-corrected chi connectivity index (χ2v) is 5.36. The fourth-order valence-corrected chi connectivity index (χ4v) is 2.41. The van der Waals surface area contributed by atoms with E-state index in [1.807, 2.05) is 6.92 Å². The minimum Gasteiger partial charge on any atom is -0.465 e. The lowest BCUT2D eigenvalue weighted by atomic mass is 10.2. The summed E-state index contributed by atoms with van der Waals surface area (Å²) in [6.45, 7) is 2.41. The maximum absolute atomic E-state index is 11.5. The molecular weight excluding hydrogens is 288 g/mol. The molecule has 6 heteroatoms. The molecule has 0 fully saturated rings. The number of ether oxygens (including phenoxy) is 2. The van der Waals surface area contributed by atoms with Crippen molar-refractivity contribution >= 4 is 41.0 Å². The zero-order valence-electron chi connectivity index (χ0n) is 10.8. The molecule has 0 spiro atoms. The number of thiophene rings is 1. The molecule has 0 amide bonds. The van der Waals surface area contributed by atoms with Crippen LogP contribution in [0, 0.1) is 0 Å². The summed E-state index contributed by atoms with van der Waals surface area (Å²) in [4.78, 5) is 23.2. The number of hydrogen-bond donors (Lipinski definition) is 0. The van der Waals surface area contributed by atoms with E-state index in [4.69, 9.17) is 16.3 Å². The molecule has 0 aliphatic rings. The lowest BCUT2D eigenvalue weighted by molar-refractivity contribution is -0.137. The van der Waals surface area contributed by atoms with E-state index in [0.29, 0.717) is 21.4 Å². The Labute approximate surface area is 121 Å². The van der Waals surface area contributed by atoms with E-state index in [9.17, 15) is 9.59 Å². The summed E-state index contributed by atoms with van der Waals surface area (Å²) >= 11 is 6.95. The summed E-state index contributed by atoms with van der Waals surface area (Å²) in [5.74, 6) is -0.914. The number of rotatable bonds is 6. The Kier molecular flexibility index (Phi) is 6.59. The molecule has 0 aliphatic carbocycles. The first kappa shape index (κ1) is 15.7. The van der Waals surface area contributed by atoms with Gasteiger partial charge in [-0.05, 0) is 18.6 Å². The molecular formula is C13H15ClO4S. The second-order valence-electron chi connectivity index (χ2n) is 3.68. The number of methoxy groups -OCH3 is 1. The van der Waals surface area contributed by atoms with Crippen LogP contribution in [0.1, 0.15) is 35.0 Å². The van der Waals surface area contributed by atoms with Gasteiger partial charge in [-0.25, -0.2) is 9.59 Å². The Morgan fingerprint density at radius 3 is 2.84 bits per heavy atom. The van der Waals surface area contributed by atoms with Crippen LogP contribution in [0.4, 0.5) is 0 Å². The van der Waals surface area contributed by atoms with E-state index in [0.717, 1.165) is 24.2 Å². The fraction of sp³-hybridized carbons (Fsp3) is 0.385. The average Bonchev–Trinajstić information content (AvgIpc) is 2.77. The quantitative estimate of drug-likeness (QED) is 0.458. The van der Waals surface area contributed by atoms with Gasteiger partial charge in [0, 0.05) is 11.6 Å². The minimum atomic E-state index is -0.476. The van der Waals surface area contributed by atoms with E-state index < -0.39 is 11.9 Å². The van der Waals surface area contributed by atoms with Crippen molar-refractivity contribution in [3.05, 3.63) is 26.9 Å². The lowest BCUT2D eigenvalue weighted by Gasteiger charge is -1.99. The Morgan fingerprint density at radius 2 is 2.21 bits per heavy atom. The van der Waals surface area contributed by atoms with Gasteiger partial charge in [0.25, 0.3) is 0 Å². The first-order chi connectivity index (χ1) is 9.08. The van der Waals surface area contributed by atoms with E-state index in [1.54, 1.807) is 6.07 Å². The Balaban J connectivity index is 2.70. The van der Waals surface area contributed by atoms with Gasteiger partial charge in [-0.3, -0.25) is 0 Å². The van der Waals surface area contributed by atoms with Crippen molar-refractivity contribution in [2.45, 2.75) is 19.8 Å². The number of unbranched alkanes of at least 4 members (excludes halogenated alkanes) is 1. The first-order valence-corrected chi connectivity index (χ1v) is 7.00. The van der Waals surface area contributed by atoms with Gasteiger partial charge in [0.15, 0.2) is 0 Å². The van der Waals surface area contributed by atoms with E-state index >= 15 is 0 Å². The van der Waals surface area contributed by atoms with E-state index in [2.05, 4.69) is 4.74 Å². The molecule has 1 rings (SSSR count). The van der Waals surface area contributed by atoms with E-state index in [1.165, 1.54) is 19.3 Å². The van der Waals surface area contributed by atoms with Gasteiger partial charge in [-0.15, -0.1) is 11.3 Å². The highest BCUT2D eigenvalue weighted by molar-refractivity contribution is 7.18. The monoisotopic (exact) mass is 302 g/mol. The van der Waals surface area contributed by atoms with Gasteiger partial charge >= 0.3 is 11.9 Å². The fourth-order valence-electron chi connectivity index (χ4n) is 1.27.